The van der Waals surface area contributed by atoms with Gasteiger partial charge < -0.3 is 4.90 Å². The van der Waals surface area contributed by atoms with Crippen LogP contribution in [-0.4, -0.2) is 106 Å². The summed E-state index contributed by atoms with van der Waals surface area (Å²) >= 11 is 6.20. The molecule has 3 aliphatic rings. The first-order valence-corrected chi connectivity index (χ1v) is 16.6. The van der Waals surface area contributed by atoms with Crippen LogP contribution in [0, 0.1) is 13.8 Å². The largest absolute Gasteiger partial charge is 0.306 e. The van der Waals surface area contributed by atoms with E-state index in [0.717, 1.165) is 57.4 Å². The summed E-state index contributed by atoms with van der Waals surface area (Å²) in [5.74, 6) is -0.0173. The number of hydrogen-bond donors (Lipinski definition) is 0. The summed E-state index contributed by atoms with van der Waals surface area (Å²) in [4.78, 5) is 5.07. The van der Waals surface area contributed by atoms with E-state index in [1.54, 1.807) is 34.6 Å². The second-order valence-corrected chi connectivity index (χ2v) is 15.1. The molecule has 0 radical (unpaired) electrons. The Balaban J connectivity index is 1.38. The molecule has 1 aromatic rings. The van der Waals surface area contributed by atoms with E-state index in [0.29, 0.717) is 49.1 Å². The SMILES string of the molecule is Cc1cc(S(=O)(=O)N2CCCCC2CCS(=O)(=O)N2CCN(C3CCN(C)CC3)CC2)c(C)cc1Cl. The minimum Gasteiger partial charge on any atom is -0.306 e. The molecule has 0 N–H and O–H groups in total. The van der Waals surface area contributed by atoms with Gasteiger partial charge in [0.2, 0.25) is 20.0 Å². The highest BCUT2D eigenvalue weighted by molar-refractivity contribution is 7.89. The lowest BCUT2D eigenvalue weighted by molar-refractivity contribution is 0.0892. The molecule has 0 spiro atoms. The Morgan fingerprint density at radius 1 is 0.861 bits per heavy atom. The van der Waals surface area contributed by atoms with Gasteiger partial charge in [-0.15, -0.1) is 0 Å². The molecule has 204 valence electrons. The highest BCUT2D eigenvalue weighted by Crippen LogP contribution is 2.31. The maximum Gasteiger partial charge on any atom is 0.243 e. The molecule has 36 heavy (non-hydrogen) atoms. The topological polar surface area (TPSA) is 81.2 Å². The molecule has 0 aliphatic carbocycles. The van der Waals surface area contributed by atoms with Gasteiger partial charge in [-0.05, 0) is 89.3 Å². The van der Waals surface area contributed by atoms with Crippen molar-refractivity contribution in [3.63, 3.8) is 0 Å². The Bertz CT molecular complexity index is 1130. The van der Waals surface area contributed by atoms with Gasteiger partial charge in [-0.1, -0.05) is 18.0 Å². The number of hydrogen-bond acceptors (Lipinski definition) is 6. The number of piperidine rings is 2. The molecule has 0 aromatic heterocycles. The normalized spacial score (nSPS) is 24.8. The lowest BCUT2D eigenvalue weighted by atomic mass is 10.0. The molecule has 0 amide bonds. The van der Waals surface area contributed by atoms with Gasteiger partial charge in [0.25, 0.3) is 0 Å². The van der Waals surface area contributed by atoms with Crippen molar-refractivity contribution in [3.05, 3.63) is 28.3 Å². The average Bonchev–Trinajstić information content (AvgIpc) is 2.85. The van der Waals surface area contributed by atoms with Crippen LogP contribution in [0.25, 0.3) is 0 Å². The van der Waals surface area contributed by atoms with Gasteiger partial charge >= 0.3 is 0 Å². The summed E-state index contributed by atoms with van der Waals surface area (Å²) in [6, 6.07) is 3.57. The van der Waals surface area contributed by atoms with Crippen molar-refractivity contribution in [3.8, 4) is 0 Å². The van der Waals surface area contributed by atoms with Crippen molar-refractivity contribution >= 4 is 31.6 Å². The third-order valence-corrected chi connectivity index (χ3v) is 12.6. The molecule has 3 fully saturated rings. The van der Waals surface area contributed by atoms with Crippen LogP contribution in [0.4, 0.5) is 0 Å². The number of likely N-dealkylation sites (tertiary alicyclic amines) is 1. The summed E-state index contributed by atoms with van der Waals surface area (Å²) in [5, 5.41) is 0.545. The predicted octanol–water partition coefficient (Wildman–Crippen LogP) is 2.93. The van der Waals surface area contributed by atoms with Crippen LogP contribution in [0.2, 0.25) is 5.02 Å². The van der Waals surface area contributed by atoms with E-state index in [9.17, 15) is 16.8 Å². The summed E-state index contributed by atoms with van der Waals surface area (Å²) in [5.41, 5.74) is 1.33. The van der Waals surface area contributed by atoms with Crippen LogP contribution >= 0.6 is 11.6 Å². The maximum absolute atomic E-state index is 13.6. The van der Waals surface area contributed by atoms with Crippen molar-refractivity contribution in [2.24, 2.45) is 0 Å². The van der Waals surface area contributed by atoms with Crippen LogP contribution in [0.1, 0.15) is 49.7 Å². The minimum atomic E-state index is -3.74. The Kier molecular flexibility index (Phi) is 9.07. The number of aryl methyl sites for hydroxylation is 2. The van der Waals surface area contributed by atoms with E-state index in [1.807, 2.05) is 0 Å². The second-order valence-electron chi connectivity index (χ2n) is 10.7. The third-order valence-electron chi connectivity index (χ3n) is 8.20. The number of halogens is 1. The van der Waals surface area contributed by atoms with E-state index in [1.165, 1.54) is 0 Å². The zero-order valence-corrected chi connectivity index (χ0v) is 24.2. The van der Waals surface area contributed by atoms with Crippen molar-refractivity contribution in [2.45, 2.75) is 69.4 Å². The van der Waals surface area contributed by atoms with Gasteiger partial charge in [0.1, 0.15) is 0 Å². The van der Waals surface area contributed by atoms with Crippen LogP contribution < -0.4 is 0 Å². The Hall–Kier alpha value is -0.750. The third kappa shape index (κ3) is 6.27. The van der Waals surface area contributed by atoms with E-state index in [4.69, 9.17) is 11.6 Å². The van der Waals surface area contributed by atoms with Gasteiger partial charge in [-0.3, -0.25) is 4.90 Å². The fourth-order valence-corrected chi connectivity index (χ4v) is 9.64. The number of rotatable bonds is 7. The lowest BCUT2D eigenvalue weighted by Gasteiger charge is -2.42. The maximum atomic E-state index is 13.6. The van der Waals surface area contributed by atoms with Gasteiger partial charge in [0.05, 0.1) is 10.6 Å². The summed E-state index contributed by atoms with van der Waals surface area (Å²) in [7, 11) is -5.03. The highest BCUT2D eigenvalue weighted by Gasteiger charge is 2.37. The summed E-state index contributed by atoms with van der Waals surface area (Å²) in [6.07, 6.45) is 4.98. The minimum absolute atomic E-state index is 0.0173. The van der Waals surface area contributed by atoms with E-state index >= 15 is 0 Å². The van der Waals surface area contributed by atoms with Crippen molar-refractivity contribution in [1.29, 1.82) is 0 Å². The molecule has 8 nitrogen and oxygen atoms in total. The first kappa shape index (κ1) is 28.3. The van der Waals surface area contributed by atoms with Crippen molar-refractivity contribution < 1.29 is 16.8 Å². The zero-order valence-electron chi connectivity index (χ0n) is 21.8. The van der Waals surface area contributed by atoms with E-state index in [2.05, 4.69) is 16.8 Å². The van der Waals surface area contributed by atoms with Crippen LogP contribution in [0.3, 0.4) is 0 Å². The number of benzene rings is 1. The first-order valence-electron chi connectivity index (χ1n) is 13.2. The monoisotopic (exact) mass is 560 g/mol. The molecular weight excluding hydrogens is 520 g/mol. The number of nitrogens with zero attached hydrogens (tertiary/aromatic N) is 4. The fraction of sp³-hybridized carbons (Fsp3) is 0.760. The molecule has 0 bridgehead atoms. The Morgan fingerprint density at radius 3 is 2.19 bits per heavy atom. The molecule has 3 saturated heterocycles. The quantitative estimate of drug-likeness (QED) is 0.510. The molecule has 3 aliphatic heterocycles. The number of piperazine rings is 1. The van der Waals surface area contributed by atoms with Crippen LogP contribution in [-0.2, 0) is 20.0 Å². The average molecular weight is 561 g/mol. The van der Waals surface area contributed by atoms with E-state index in [-0.39, 0.29) is 16.7 Å². The first-order chi connectivity index (χ1) is 17.0. The van der Waals surface area contributed by atoms with Gasteiger partial charge in [0, 0.05) is 49.8 Å². The molecule has 1 atom stereocenters. The van der Waals surface area contributed by atoms with Gasteiger partial charge in [-0.2, -0.15) is 8.61 Å². The molecule has 4 rings (SSSR count). The Morgan fingerprint density at radius 2 is 1.53 bits per heavy atom. The van der Waals surface area contributed by atoms with Gasteiger partial charge in [0.15, 0.2) is 0 Å². The summed E-state index contributed by atoms with van der Waals surface area (Å²) in [6.45, 7) is 8.75. The molecular formula is C25H41ClN4O4S2. The second kappa shape index (κ2) is 11.6. The van der Waals surface area contributed by atoms with Crippen molar-refractivity contribution in [1.82, 2.24) is 18.4 Å². The zero-order chi connectivity index (χ0) is 26.1. The van der Waals surface area contributed by atoms with Gasteiger partial charge in [-0.25, -0.2) is 16.8 Å². The predicted molar refractivity (Wildman–Crippen MR) is 145 cm³/mol. The summed E-state index contributed by atoms with van der Waals surface area (Å²) < 4.78 is 56.9. The molecule has 0 saturated carbocycles. The van der Waals surface area contributed by atoms with Crippen LogP contribution in [0.5, 0.6) is 0 Å². The van der Waals surface area contributed by atoms with E-state index < -0.39 is 20.0 Å². The van der Waals surface area contributed by atoms with Crippen LogP contribution in [0.15, 0.2) is 17.0 Å². The Labute approximate surface area is 222 Å². The molecule has 3 heterocycles. The smallest absolute Gasteiger partial charge is 0.243 e. The number of sulfonamides is 2. The molecule has 1 aromatic carbocycles. The molecule has 11 heteroatoms. The fourth-order valence-electron chi connectivity index (χ4n) is 5.86. The van der Waals surface area contributed by atoms with Crippen molar-refractivity contribution in [2.75, 3.05) is 58.6 Å². The highest BCUT2D eigenvalue weighted by atomic mass is 35.5. The lowest BCUT2D eigenvalue weighted by Crippen LogP contribution is -2.54. The standard InChI is InChI=1S/C25H41ClN4O4S2/c1-20-19-25(21(2)18-24(20)26)36(33,34)30-10-5-4-6-23(30)9-17-35(31,32)29-15-13-28(14-16-29)22-7-11-27(3)12-8-22/h18-19,22-23H,4-17H2,1-3H3. The molecule has 1 unspecified atom stereocenters.